The highest BCUT2D eigenvalue weighted by Gasteiger charge is 2.05. The first-order valence-electron chi connectivity index (χ1n) is 6.27. The first-order valence-corrected chi connectivity index (χ1v) is 6.27. The molecular weight excluding hydrogens is 202 g/mol. The van der Waals surface area contributed by atoms with Crippen molar-refractivity contribution in [2.45, 2.75) is 65.5 Å². The summed E-state index contributed by atoms with van der Waals surface area (Å²) in [5.74, 6) is 1.47. The van der Waals surface area contributed by atoms with Crippen LogP contribution in [0, 0.1) is 0 Å². The Hall–Kier alpha value is -0.900. The molecule has 0 aliphatic carbocycles. The number of aryl methyl sites for hydroxylation is 1. The summed E-state index contributed by atoms with van der Waals surface area (Å²) in [4.78, 5) is 0. The fourth-order valence-electron chi connectivity index (χ4n) is 1.46. The highest BCUT2D eigenvalue weighted by atomic mass is 16.4. The van der Waals surface area contributed by atoms with Gasteiger partial charge in [0.15, 0.2) is 0 Å². The topological polar surface area (TPSA) is 51.0 Å². The van der Waals surface area contributed by atoms with Crippen LogP contribution in [0.5, 0.6) is 0 Å². The third kappa shape index (κ3) is 5.26. The first kappa shape index (κ1) is 13.2. The van der Waals surface area contributed by atoms with E-state index in [1.165, 1.54) is 19.3 Å². The summed E-state index contributed by atoms with van der Waals surface area (Å²) in [5.41, 5.74) is 0. The normalized spacial score (nSPS) is 11.2. The van der Waals surface area contributed by atoms with Crippen molar-refractivity contribution in [1.82, 2.24) is 15.5 Å². The molecule has 0 radical (unpaired) electrons. The maximum absolute atomic E-state index is 5.53. The molecule has 1 aromatic heterocycles. The average molecular weight is 225 g/mol. The van der Waals surface area contributed by atoms with Gasteiger partial charge in [-0.05, 0) is 6.42 Å². The summed E-state index contributed by atoms with van der Waals surface area (Å²) in [5, 5.41) is 11.3. The summed E-state index contributed by atoms with van der Waals surface area (Å²) in [6, 6.07) is 0.444. The van der Waals surface area contributed by atoms with Gasteiger partial charge in [-0.2, -0.15) is 0 Å². The van der Waals surface area contributed by atoms with Gasteiger partial charge in [-0.15, -0.1) is 10.2 Å². The van der Waals surface area contributed by atoms with Crippen molar-refractivity contribution >= 4 is 0 Å². The zero-order valence-electron chi connectivity index (χ0n) is 10.6. The minimum Gasteiger partial charge on any atom is -0.424 e. The lowest BCUT2D eigenvalue weighted by molar-refractivity contribution is 0.416. The van der Waals surface area contributed by atoms with Gasteiger partial charge in [0, 0.05) is 12.5 Å². The Kier molecular flexibility index (Phi) is 6.08. The van der Waals surface area contributed by atoms with Crippen molar-refractivity contribution in [2.75, 3.05) is 0 Å². The Morgan fingerprint density at radius 3 is 2.56 bits per heavy atom. The number of rotatable bonds is 8. The molecule has 1 N–H and O–H groups in total. The van der Waals surface area contributed by atoms with Gasteiger partial charge in [0.1, 0.15) is 0 Å². The van der Waals surface area contributed by atoms with Crippen molar-refractivity contribution in [3.05, 3.63) is 11.8 Å². The van der Waals surface area contributed by atoms with E-state index in [0.29, 0.717) is 18.5 Å². The Labute approximate surface area is 97.8 Å². The lowest BCUT2D eigenvalue weighted by atomic mass is 10.1. The smallest absolute Gasteiger partial charge is 0.230 e. The van der Waals surface area contributed by atoms with Gasteiger partial charge in [0.25, 0.3) is 0 Å². The highest BCUT2D eigenvalue weighted by Crippen LogP contribution is 2.07. The molecule has 0 bridgehead atoms. The molecule has 1 rings (SSSR count). The second-order valence-electron chi connectivity index (χ2n) is 4.44. The van der Waals surface area contributed by atoms with Gasteiger partial charge < -0.3 is 9.73 Å². The number of unbranched alkanes of at least 4 members (excludes halogenated alkanes) is 3. The van der Waals surface area contributed by atoms with E-state index >= 15 is 0 Å². The van der Waals surface area contributed by atoms with Gasteiger partial charge in [-0.25, -0.2) is 0 Å². The molecule has 1 heterocycles. The van der Waals surface area contributed by atoms with Crippen LogP contribution in [0.15, 0.2) is 4.42 Å². The zero-order chi connectivity index (χ0) is 11.8. The maximum atomic E-state index is 5.53. The lowest BCUT2D eigenvalue weighted by Crippen LogP contribution is -2.21. The minimum atomic E-state index is 0.444. The number of nitrogens with one attached hydrogen (secondary N) is 1. The van der Waals surface area contributed by atoms with Crippen LogP contribution in [0.25, 0.3) is 0 Å². The number of aromatic nitrogens is 2. The standard InChI is InChI=1S/C12H23N3O/c1-4-5-6-7-8-11-14-15-12(16-11)9-13-10(2)3/h10,13H,4-9H2,1-3H3. The van der Waals surface area contributed by atoms with Crippen LogP contribution in [-0.2, 0) is 13.0 Å². The average Bonchev–Trinajstić information content (AvgIpc) is 2.70. The second kappa shape index (κ2) is 7.39. The van der Waals surface area contributed by atoms with Crippen molar-refractivity contribution in [1.29, 1.82) is 0 Å². The van der Waals surface area contributed by atoms with Gasteiger partial charge in [0.05, 0.1) is 6.54 Å². The van der Waals surface area contributed by atoms with Crippen LogP contribution in [0.3, 0.4) is 0 Å². The van der Waals surface area contributed by atoms with Crippen molar-refractivity contribution in [3.8, 4) is 0 Å². The van der Waals surface area contributed by atoms with Crippen molar-refractivity contribution in [3.63, 3.8) is 0 Å². The van der Waals surface area contributed by atoms with Crippen LogP contribution in [0.1, 0.15) is 58.2 Å². The Balaban J connectivity index is 2.22. The minimum absolute atomic E-state index is 0.444. The molecule has 0 fully saturated rings. The van der Waals surface area contributed by atoms with Gasteiger partial charge in [-0.3, -0.25) is 0 Å². The molecule has 0 aromatic carbocycles. The summed E-state index contributed by atoms with van der Waals surface area (Å²) in [6.07, 6.45) is 5.85. The van der Waals surface area contributed by atoms with Crippen LogP contribution in [0.2, 0.25) is 0 Å². The van der Waals surface area contributed by atoms with Crippen LogP contribution in [0.4, 0.5) is 0 Å². The summed E-state index contributed by atoms with van der Waals surface area (Å²) in [7, 11) is 0. The number of nitrogens with zero attached hydrogens (tertiary/aromatic N) is 2. The molecule has 0 amide bonds. The third-order valence-corrected chi connectivity index (χ3v) is 2.41. The van der Waals surface area contributed by atoms with E-state index in [4.69, 9.17) is 4.42 Å². The summed E-state index contributed by atoms with van der Waals surface area (Å²) >= 11 is 0. The van der Waals surface area contributed by atoms with Crippen molar-refractivity contribution < 1.29 is 4.42 Å². The van der Waals surface area contributed by atoms with E-state index in [0.717, 1.165) is 18.7 Å². The Bertz CT molecular complexity index is 284. The molecule has 4 nitrogen and oxygen atoms in total. The molecule has 16 heavy (non-hydrogen) atoms. The number of hydrogen-bond donors (Lipinski definition) is 1. The summed E-state index contributed by atoms with van der Waals surface area (Å²) in [6.45, 7) is 7.08. The van der Waals surface area contributed by atoms with Crippen LogP contribution >= 0.6 is 0 Å². The van der Waals surface area contributed by atoms with Gasteiger partial charge >= 0.3 is 0 Å². The fourth-order valence-corrected chi connectivity index (χ4v) is 1.46. The molecule has 0 saturated heterocycles. The third-order valence-electron chi connectivity index (χ3n) is 2.41. The molecule has 0 aliphatic rings. The summed E-state index contributed by atoms with van der Waals surface area (Å²) < 4.78 is 5.53. The van der Waals surface area contributed by atoms with E-state index in [2.05, 4.69) is 36.3 Å². The molecule has 0 atom stereocenters. The predicted molar refractivity (Wildman–Crippen MR) is 64.1 cm³/mol. The molecule has 0 spiro atoms. The van der Waals surface area contributed by atoms with Crippen LogP contribution < -0.4 is 5.32 Å². The van der Waals surface area contributed by atoms with E-state index in [1.54, 1.807) is 0 Å². The fraction of sp³-hybridized carbons (Fsp3) is 0.833. The van der Waals surface area contributed by atoms with E-state index in [9.17, 15) is 0 Å². The maximum Gasteiger partial charge on any atom is 0.230 e. The Morgan fingerprint density at radius 2 is 1.88 bits per heavy atom. The second-order valence-corrected chi connectivity index (χ2v) is 4.44. The molecule has 92 valence electrons. The van der Waals surface area contributed by atoms with E-state index in [-0.39, 0.29) is 0 Å². The zero-order valence-corrected chi connectivity index (χ0v) is 10.6. The molecule has 1 aromatic rings. The predicted octanol–water partition coefficient (Wildman–Crippen LogP) is 2.69. The number of hydrogen-bond acceptors (Lipinski definition) is 4. The van der Waals surface area contributed by atoms with E-state index in [1.807, 2.05) is 0 Å². The molecule has 4 heteroatoms. The largest absolute Gasteiger partial charge is 0.424 e. The Morgan fingerprint density at radius 1 is 1.12 bits per heavy atom. The molecule has 0 saturated carbocycles. The SMILES string of the molecule is CCCCCCc1nnc(CNC(C)C)o1. The van der Waals surface area contributed by atoms with Gasteiger partial charge in [0.2, 0.25) is 11.8 Å². The quantitative estimate of drug-likeness (QED) is 0.691. The van der Waals surface area contributed by atoms with Gasteiger partial charge in [-0.1, -0.05) is 40.0 Å². The van der Waals surface area contributed by atoms with E-state index < -0.39 is 0 Å². The highest BCUT2D eigenvalue weighted by molar-refractivity contribution is 4.82. The lowest BCUT2D eigenvalue weighted by Gasteiger charge is -2.03. The molecule has 0 unspecified atom stereocenters. The first-order chi connectivity index (χ1) is 7.72. The van der Waals surface area contributed by atoms with Crippen LogP contribution in [-0.4, -0.2) is 16.2 Å². The molecular formula is C12H23N3O. The molecule has 0 aliphatic heterocycles. The monoisotopic (exact) mass is 225 g/mol. The van der Waals surface area contributed by atoms with Crippen molar-refractivity contribution in [2.24, 2.45) is 0 Å².